The highest BCUT2D eigenvalue weighted by molar-refractivity contribution is 6.03. The number of hydrogen-bond donors (Lipinski definition) is 2. The van der Waals surface area contributed by atoms with E-state index in [2.05, 4.69) is 35.4 Å². The van der Waals surface area contributed by atoms with Gasteiger partial charge in [0.05, 0.1) is 6.04 Å². The molecule has 142 valence electrons. The van der Waals surface area contributed by atoms with Crippen LogP contribution in [-0.2, 0) is 16.0 Å². The van der Waals surface area contributed by atoms with Crippen molar-refractivity contribution >= 4 is 22.6 Å². The SMILES string of the molecule is CCCC1CC(=O)N(C)C(C)=C(C2NCCc3c2[nH]c2ccccc32)C1=O. The molecular weight excluding hydrogens is 338 g/mol. The Morgan fingerprint density at radius 3 is 2.78 bits per heavy atom. The first kappa shape index (κ1) is 18.0. The maximum Gasteiger partial charge on any atom is 0.227 e. The molecule has 0 aliphatic carbocycles. The predicted molar refractivity (Wildman–Crippen MR) is 106 cm³/mol. The van der Waals surface area contributed by atoms with Crippen molar-refractivity contribution in [3.63, 3.8) is 0 Å². The van der Waals surface area contributed by atoms with Gasteiger partial charge in [0.1, 0.15) is 0 Å². The highest BCUT2D eigenvalue weighted by Gasteiger charge is 2.38. The molecule has 2 aromatic rings. The summed E-state index contributed by atoms with van der Waals surface area (Å²) in [6, 6.07) is 8.10. The highest BCUT2D eigenvalue weighted by Crippen LogP contribution is 2.38. The van der Waals surface area contributed by atoms with E-state index in [9.17, 15) is 9.59 Å². The van der Waals surface area contributed by atoms with Gasteiger partial charge in [0.15, 0.2) is 5.78 Å². The van der Waals surface area contributed by atoms with Crippen LogP contribution in [0.2, 0.25) is 0 Å². The lowest BCUT2D eigenvalue weighted by atomic mass is 9.84. The minimum atomic E-state index is -0.228. The average Bonchev–Trinajstić information content (AvgIpc) is 3.03. The van der Waals surface area contributed by atoms with Crippen molar-refractivity contribution in [2.45, 2.75) is 45.6 Å². The van der Waals surface area contributed by atoms with E-state index in [0.717, 1.165) is 48.3 Å². The summed E-state index contributed by atoms with van der Waals surface area (Å²) in [5.41, 5.74) is 4.97. The van der Waals surface area contributed by atoms with Crippen molar-refractivity contribution in [3.05, 3.63) is 46.8 Å². The van der Waals surface area contributed by atoms with Crippen LogP contribution >= 0.6 is 0 Å². The number of allylic oxidation sites excluding steroid dienone is 1. The second-order valence-electron chi connectivity index (χ2n) is 7.71. The van der Waals surface area contributed by atoms with Gasteiger partial charge in [0.2, 0.25) is 5.91 Å². The van der Waals surface area contributed by atoms with Crippen molar-refractivity contribution in [1.29, 1.82) is 0 Å². The second kappa shape index (κ2) is 6.97. The fourth-order valence-corrected chi connectivity index (χ4v) is 4.57. The third-order valence-corrected chi connectivity index (χ3v) is 6.11. The maximum absolute atomic E-state index is 13.5. The molecule has 2 unspecified atom stereocenters. The average molecular weight is 365 g/mol. The van der Waals surface area contributed by atoms with Crippen LogP contribution in [0.3, 0.4) is 0 Å². The van der Waals surface area contributed by atoms with E-state index in [0.29, 0.717) is 6.42 Å². The number of rotatable bonds is 3. The minimum absolute atomic E-state index is 0.0296. The van der Waals surface area contributed by atoms with E-state index in [1.807, 2.05) is 13.0 Å². The first-order chi connectivity index (χ1) is 13.0. The summed E-state index contributed by atoms with van der Waals surface area (Å²) < 4.78 is 0. The van der Waals surface area contributed by atoms with Crippen LogP contribution in [0.5, 0.6) is 0 Å². The van der Waals surface area contributed by atoms with Gasteiger partial charge in [-0.15, -0.1) is 0 Å². The molecule has 2 aliphatic rings. The van der Waals surface area contributed by atoms with Crippen molar-refractivity contribution in [2.24, 2.45) is 5.92 Å². The second-order valence-corrected chi connectivity index (χ2v) is 7.71. The minimum Gasteiger partial charge on any atom is -0.357 e. The van der Waals surface area contributed by atoms with Crippen molar-refractivity contribution < 1.29 is 9.59 Å². The Morgan fingerprint density at radius 2 is 2.00 bits per heavy atom. The van der Waals surface area contributed by atoms with E-state index in [-0.39, 0.29) is 23.7 Å². The number of para-hydroxylation sites is 1. The Kier molecular flexibility index (Phi) is 4.64. The Bertz CT molecular complexity index is 940. The fraction of sp³-hybridized carbons (Fsp3) is 0.455. The summed E-state index contributed by atoms with van der Waals surface area (Å²) in [4.78, 5) is 31.3. The Morgan fingerprint density at radius 1 is 1.22 bits per heavy atom. The van der Waals surface area contributed by atoms with E-state index in [1.54, 1.807) is 11.9 Å². The summed E-state index contributed by atoms with van der Waals surface area (Å²) in [7, 11) is 1.79. The monoisotopic (exact) mass is 365 g/mol. The van der Waals surface area contributed by atoms with Crippen LogP contribution in [0.25, 0.3) is 10.9 Å². The number of fused-ring (bicyclic) bond motifs is 3. The molecule has 2 N–H and O–H groups in total. The number of amides is 1. The van der Waals surface area contributed by atoms with Gasteiger partial charge in [-0.1, -0.05) is 31.5 Å². The highest BCUT2D eigenvalue weighted by atomic mass is 16.2. The summed E-state index contributed by atoms with van der Waals surface area (Å²) >= 11 is 0. The molecule has 0 spiro atoms. The largest absolute Gasteiger partial charge is 0.357 e. The Hall–Kier alpha value is -2.40. The quantitative estimate of drug-likeness (QED) is 0.875. The zero-order chi connectivity index (χ0) is 19.1. The molecular formula is C22H27N3O2. The summed E-state index contributed by atoms with van der Waals surface area (Å²) in [6.45, 7) is 4.79. The van der Waals surface area contributed by atoms with Gasteiger partial charge >= 0.3 is 0 Å². The molecule has 1 amide bonds. The lowest BCUT2D eigenvalue weighted by Crippen LogP contribution is -2.35. The number of Topliss-reactive ketones (excluding diaryl/α,β-unsaturated/α-hetero) is 1. The molecule has 0 fully saturated rings. The molecule has 27 heavy (non-hydrogen) atoms. The molecule has 5 heteroatoms. The molecule has 1 aromatic heterocycles. The smallest absolute Gasteiger partial charge is 0.227 e. The lowest BCUT2D eigenvalue weighted by Gasteiger charge is -2.29. The summed E-state index contributed by atoms with van der Waals surface area (Å²) in [5.74, 6) is -0.0769. The predicted octanol–water partition coefficient (Wildman–Crippen LogP) is 3.48. The molecule has 5 nitrogen and oxygen atoms in total. The molecule has 3 heterocycles. The molecule has 0 bridgehead atoms. The van der Waals surface area contributed by atoms with E-state index in [1.165, 1.54) is 10.9 Å². The van der Waals surface area contributed by atoms with Crippen LogP contribution in [0.1, 0.15) is 50.4 Å². The number of ketones is 1. The topological polar surface area (TPSA) is 65.2 Å². The van der Waals surface area contributed by atoms with Gasteiger partial charge in [-0.05, 0) is 31.4 Å². The van der Waals surface area contributed by atoms with Gasteiger partial charge in [0, 0.05) is 53.8 Å². The molecule has 4 rings (SSSR count). The number of benzene rings is 1. The molecule has 0 saturated carbocycles. The number of nitrogens with one attached hydrogen (secondary N) is 2. The fourth-order valence-electron chi connectivity index (χ4n) is 4.57. The Labute approximate surface area is 159 Å². The van der Waals surface area contributed by atoms with Crippen LogP contribution in [0.4, 0.5) is 0 Å². The molecule has 1 aromatic carbocycles. The normalized spacial score (nSPS) is 23.7. The van der Waals surface area contributed by atoms with Gasteiger partial charge in [0.25, 0.3) is 0 Å². The number of aromatic nitrogens is 1. The number of carbonyl (C=O) groups is 2. The summed E-state index contributed by atoms with van der Waals surface area (Å²) in [5, 5.41) is 4.77. The van der Waals surface area contributed by atoms with Crippen LogP contribution < -0.4 is 5.32 Å². The molecule has 0 radical (unpaired) electrons. The zero-order valence-corrected chi connectivity index (χ0v) is 16.3. The maximum atomic E-state index is 13.5. The third-order valence-electron chi connectivity index (χ3n) is 6.11. The molecule has 2 atom stereocenters. The summed E-state index contributed by atoms with van der Waals surface area (Å²) in [6.07, 6.45) is 2.89. The van der Waals surface area contributed by atoms with E-state index < -0.39 is 0 Å². The van der Waals surface area contributed by atoms with Crippen molar-refractivity contribution in [3.8, 4) is 0 Å². The first-order valence-electron chi connectivity index (χ1n) is 9.87. The van der Waals surface area contributed by atoms with Gasteiger partial charge in [-0.3, -0.25) is 9.59 Å². The van der Waals surface area contributed by atoms with Gasteiger partial charge in [-0.2, -0.15) is 0 Å². The lowest BCUT2D eigenvalue weighted by molar-refractivity contribution is -0.131. The van der Waals surface area contributed by atoms with E-state index in [4.69, 9.17) is 0 Å². The van der Waals surface area contributed by atoms with Crippen LogP contribution in [0, 0.1) is 5.92 Å². The van der Waals surface area contributed by atoms with Crippen molar-refractivity contribution in [2.75, 3.05) is 13.6 Å². The van der Waals surface area contributed by atoms with E-state index >= 15 is 0 Å². The zero-order valence-electron chi connectivity index (χ0n) is 16.3. The molecule has 2 aliphatic heterocycles. The van der Waals surface area contributed by atoms with Crippen LogP contribution in [-0.4, -0.2) is 35.2 Å². The number of hydrogen-bond acceptors (Lipinski definition) is 3. The van der Waals surface area contributed by atoms with Gasteiger partial charge in [-0.25, -0.2) is 0 Å². The number of nitrogens with zero attached hydrogens (tertiary/aromatic N) is 1. The molecule has 0 saturated heterocycles. The number of carbonyl (C=O) groups excluding carboxylic acids is 2. The first-order valence-corrected chi connectivity index (χ1v) is 9.87. The Balaban J connectivity index is 1.86. The van der Waals surface area contributed by atoms with Crippen LogP contribution in [0.15, 0.2) is 35.5 Å². The number of aromatic amines is 1. The number of H-pyrrole nitrogens is 1. The van der Waals surface area contributed by atoms with Gasteiger partial charge < -0.3 is 15.2 Å². The van der Waals surface area contributed by atoms with Crippen molar-refractivity contribution in [1.82, 2.24) is 15.2 Å². The third kappa shape index (κ3) is 2.90. The standard InChI is InChI=1S/C22H27N3O2/c1-4-7-14-12-18(26)25(3)13(2)19(22(14)27)21-20-16(10-11-23-21)15-8-5-6-9-17(15)24-20/h5-6,8-9,14,21,23-24H,4,7,10-12H2,1-3H3.